The lowest BCUT2D eigenvalue weighted by molar-refractivity contribution is -0.117. The van der Waals surface area contributed by atoms with Crippen LogP contribution in [-0.4, -0.2) is 41.0 Å². The fraction of sp³-hybridized carbons (Fsp3) is 0.333. The molecular weight excluding hydrogens is 292 g/mol. The Hall–Kier alpha value is -2.40. The predicted molar refractivity (Wildman–Crippen MR) is 87.2 cm³/mol. The number of amides is 2. The zero-order valence-corrected chi connectivity index (χ0v) is 12.7. The molecule has 0 spiro atoms. The van der Waals surface area contributed by atoms with E-state index in [4.69, 9.17) is 0 Å². The van der Waals surface area contributed by atoms with Gasteiger partial charge in [0.15, 0.2) is 0 Å². The van der Waals surface area contributed by atoms with Crippen LogP contribution in [0.1, 0.15) is 23.2 Å². The molecule has 2 aromatic rings. The van der Waals surface area contributed by atoms with Crippen LogP contribution in [0.5, 0.6) is 0 Å². The minimum absolute atomic E-state index is 0.0158. The molecule has 1 aliphatic heterocycles. The quantitative estimate of drug-likeness (QED) is 0.911. The molecule has 2 aromatic carbocycles. The second kappa shape index (κ2) is 5.35. The van der Waals surface area contributed by atoms with E-state index in [1.54, 1.807) is 4.90 Å². The molecule has 2 aliphatic rings. The fourth-order valence-corrected chi connectivity index (χ4v) is 2.89. The van der Waals surface area contributed by atoms with E-state index in [0.717, 1.165) is 23.6 Å². The summed E-state index contributed by atoms with van der Waals surface area (Å²) in [5, 5.41) is 14.3. The van der Waals surface area contributed by atoms with Gasteiger partial charge < -0.3 is 15.3 Å². The van der Waals surface area contributed by atoms with Crippen LogP contribution >= 0.6 is 0 Å². The highest BCUT2D eigenvalue weighted by Crippen LogP contribution is 2.32. The highest BCUT2D eigenvalue weighted by molar-refractivity contribution is 6.08. The molecule has 2 amide bonds. The lowest BCUT2D eigenvalue weighted by Crippen LogP contribution is -2.53. The Morgan fingerprint density at radius 1 is 1.09 bits per heavy atom. The zero-order chi connectivity index (χ0) is 16.0. The number of fused-ring (bicyclic) bond motifs is 1. The van der Waals surface area contributed by atoms with Crippen molar-refractivity contribution in [1.82, 2.24) is 4.90 Å². The van der Waals surface area contributed by atoms with Gasteiger partial charge in [0.05, 0.1) is 17.4 Å². The third-order valence-corrected chi connectivity index (χ3v) is 4.47. The van der Waals surface area contributed by atoms with Crippen LogP contribution in [0.25, 0.3) is 10.8 Å². The van der Waals surface area contributed by atoms with E-state index in [2.05, 4.69) is 5.32 Å². The number of likely N-dealkylation sites (tertiary alicyclic amines) is 1. The fourth-order valence-electron chi connectivity index (χ4n) is 2.89. The Morgan fingerprint density at radius 2 is 1.74 bits per heavy atom. The second-order valence-electron chi connectivity index (χ2n) is 6.37. The molecule has 1 saturated carbocycles. The number of anilines is 1. The van der Waals surface area contributed by atoms with Crippen molar-refractivity contribution in [3.8, 4) is 0 Å². The standard InChI is InChI=1S/C18H18N2O3/c21-14-9-20(10-14)18(23)15-7-12-3-1-2-4-13(12)8-16(15)19-17(22)11-5-6-11/h1-4,7-8,11,14,21H,5-6,9-10H2,(H,19,22). The van der Waals surface area contributed by atoms with E-state index in [0.29, 0.717) is 24.3 Å². The Kier molecular flexibility index (Phi) is 3.31. The average Bonchev–Trinajstić information content (AvgIpc) is 3.35. The molecule has 1 aliphatic carbocycles. The van der Waals surface area contributed by atoms with Gasteiger partial charge in [0.2, 0.25) is 5.91 Å². The summed E-state index contributed by atoms with van der Waals surface area (Å²) in [5.74, 6) is -0.0830. The average molecular weight is 310 g/mol. The van der Waals surface area contributed by atoms with Crippen LogP contribution in [0.2, 0.25) is 0 Å². The van der Waals surface area contributed by atoms with Gasteiger partial charge in [-0.3, -0.25) is 9.59 Å². The molecule has 1 saturated heterocycles. The number of nitrogens with one attached hydrogen (secondary N) is 1. The number of aliphatic hydroxyl groups is 1. The molecule has 0 atom stereocenters. The maximum atomic E-state index is 12.7. The number of carbonyl (C=O) groups is 2. The smallest absolute Gasteiger partial charge is 0.256 e. The molecule has 118 valence electrons. The van der Waals surface area contributed by atoms with E-state index in [1.807, 2.05) is 36.4 Å². The van der Waals surface area contributed by atoms with E-state index in [-0.39, 0.29) is 17.7 Å². The van der Waals surface area contributed by atoms with Gasteiger partial charge in [-0.15, -0.1) is 0 Å². The number of hydrogen-bond acceptors (Lipinski definition) is 3. The number of benzene rings is 2. The van der Waals surface area contributed by atoms with Gasteiger partial charge in [-0.1, -0.05) is 24.3 Å². The SMILES string of the molecule is O=C(Nc1cc2ccccc2cc1C(=O)N1CC(O)C1)C1CC1. The van der Waals surface area contributed by atoms with E-state index in [1.165, 1.54) is 0 Å². The molecule has 2 N–H and O–H groups in total. The Morgan fingerprint density at radius 3 is 2.35 bits per heavy atom. The summed E-state index contributed by atoms with van der Waals surface area (Å²) in [7, 11) is 0. The molecule has 1 heterocycles. The van der Waals surface area contributed by atoms with Crippen molar-refractivity contribution in [2.45, 2.75) is 18.9 Å². The molecule has 2 fully saturated rings. The number of aliphatic hydroxyl groups excluding tert-OH is 1. The first-order valence-corrected chi connectivity index (χ1v) is 7.93. The van der Waals surface area contributed by atoms with Crippen molar-refractivity contribution in [2.75, 3.05) is 18.4 Å². The first-order valence-electron chi connectivity index (χ1n) is 7.93. The van der Waals surface area contributed by atoms with Crippen LogP contribution in [0.4, 0.5) is 5.69 Å². The molecule has 0 radical (unpaired) electrons. The van der Waals surface area contributed by atoms with Gasteiger partial charge in [-0.05, 0) is 35.7 Å². The molecule has 5 heteroatoms. The van der Waals surface area contributed by atoms with Crippen LogP contribution in [-0.2, 0) is 4.79 Å². The monoisotopic (exact) mass is 310 g/mol. The van der Waals surface area contributed by atoms with Crippen LogP contribution < -0.4 is 5.32 Å². The van der Waals surface area contributed by atoms with Crippen LogP contribution in [0.15, 0.2) is 36.4 Å². The number of carbonyl (C=O) groups excluding carboxylic acids is 2. The molecular formula is C18H18N2O3. The summed E-state index contributed by atoms with van der Waals surface area (Å²) in [4.78, 5) is 26.4. The third-order valence-electron chi connectivity index (χ3n) is 4.47. The number of hydrogen-bond donors (Lipinski definition) is 2. The van der Waals surface area contributed by atoms with E-state index in [9.17, 15) is 14.7 Å². The lowest BCUT2D eigenvalue weighted by Gasteiger charge is -2.36. The van der Waals surface area contributed by atoms with Gasteiger partial charge in [-0.2, -0.15) is 0 Å². The highest BCUT2D eigenvalue weighted by Gasteiger charge is 2.33. The van der Waals surface area contributed by atoms with Crippen molar-refractivity contribution in [1.29, 1.82) is 0 Å². The topological polar surface area (TPSA) is 69.6 Å². The minimum Gasteiger partial charge on any atom is -0.389 e. The molecule has 0 aromatic heterocycles. The molecule has 0 unspecified atom stereocenters. The van der Waals surface area contributed by atoms with Gasteiger partial charge in [0, 0.05) is 19.0 Å². The third kappa shape index (κ3) is 2.68. The number of nitrogens with zero attached hydrogens (tertiary/aromatic N) is 1. The zero-order valence-electron chi connectivity index (χ0n) is 12.7. The van der Waals surface area contributed by atoms with Gasteiger partial charge in [0.1, 0.15) is 0 Å². The maximum absolute atomic E-state index is 12.7. The van der Waals surface area contributed by atoms with Crippen molar-refractivity contribution < 1.29 is 14.7 Å². The van der Waals surface area contributed by atoms with Gasteiger partial charge in [0.25, 0.3) is 5.91 Å². The summed E-state index contributed by atoms with van der Waals surface area (Å²) >= 11 is 0. The van der Waals surface area contributed by atoms with Crippen molar-refractivity contribution >= 4 is 28.3 Å². The molecule has 0 bridgehead atoms. The van der Waals surface area contributed by atoms with Crippen LogP contribution in [0, 0.1) is 5.92 Å². The Bertz CT molecular complexity index is 792. The summed E-state index contributed by atoms with van der Waals surface area (Å²) in [6.45, 7) is 0.698. The largest absolute Gasteiger partial charge is 0.389 e. The second-order valence-corrected chi connectivity index (χ2v) is 6.37. The minimum atomic E-state index is -0.441. The van der Waals surface area contributed by atoms with E-state index >= 15 is 0 Å². The van der Waals surface area contributed by atoms with Crippen LogP contribution in [0.3, 0.4) is 0 Å². The summed E-state index contributed by atoms with van der Waals surface area (Å²) in [5.41, 5.74) is 1.05. The molecule has 23 heavy (non-hydrogen) atoms. The lowest BCUT2D eigenvalue weighted by atomic mass is 10.0. The van der Waals surface area contributed by atoms with Gasteiger partial charge in [-0.25, -0.2) is 0 Å². The Labute approximate surface area is 133 Å². The van der Waals surface area contributed by atoms with E-state index < -0.39 is 6.10 Å². The van der Waals surface area contributed by atoms with Gasteiger partial charge >= 0.3 is 0 Å². The molecule has 5 nitrogen and oxygen atoms in total. The number of β-amino-alcohol motifs (C(OH)–C–C–N with tert-alkyl or cyclic N) is 1. The summed E-state index contributed by atoms with van der Waals surface area (Å²) in [6, 6.07) is 11.5. The van der Waals surface area contributed by atoms with Crippen molar-refractivity contribution in [3.05, 3.63) is 42.0 Å². The normalized spacial score (nSPS) is 17.9. The maximum Gasteiger partial charge on any atom is 0.256 e. The summed E-state index contributed by atoms with van der Waals surface area (Å²) in [6.07, 6.45) is 1.39. The number of rotatable bonds is 3. The first-order chi connectivity index (χ1) is 11.1. The molecule has 4 rings (SSSR count). The van der Waals surface area contributed by atoms with Crippen molar-refractivity contribution in [3.63, 3.8) is 0 Å². The predicted octanol–water partition coefficient (Wildman–Crippen LogP) is 2.00. The first kappa shape index (κ1) is 14.2. The highest BCUT2D eigenvalue weighted by atomic mass is 16.3. The Balaban J connectivity index is 1.72. The summed E-state index contributed by atoms with van der Waals surface area (Å²) < 4.78 is 0. The van der Waals surface area contributed by atoms with Crippen molar-refractivity contribution in [2.24, 2.45) is 5.92 Å².